The molecule has 0 amide bonds. The third-order valence-corrected chi connectivity index (χ3v) is 6.25. The van der Waals surface area contributed by atoms with Gasteiger partial charge in [-0.05, 0) is 70.8 Å². The number of sulfonamides is 1. The highest BCUT2D eigenvalue weighted by Gasteiger charge is 2.32. The molecule has 6 heteroatoms. The predicted molar refractivity (Wildman–Crippen MR) is 107 cm³/mol. The molecule has 1 atom stereocenters. The lowest BCUT2D eigenvalue weighted by Gasteiger charge is -2.32. The second-order valence-corrected chi connectivity index (χ2v) is 9.75. The minimum atomic E-state index is -3.40. The van der Waals surface area contributed by atoms with Gasteiger partial charge in [0.05, 0.1) is 11.9 Å². The highest BCUT2D eigenvalue weighted by atomic mass is 35.5. The van der Waals surface area contributed by atoms with E-state index < -0.39 is 10.0 Å². The highest BCUT2D eigenvalue weighted by molar-refractivity contribution is 7.92. The van der Waals surface area contributed by atoms with E-state index in [1.165, 1.54) is 29.0 Å². The summed E-state index contributed by atoms with van der Waals surface area (Å²) in [4.78, 5) is 2.17. The van der Waals surface area contributed by atoms with Crippen LogP contribution in [0.15, 0.2) is 30.4 Å². The number of halogens is 1. The van der Waals surface area contributed by atoms with E-state index in [1.54, 1.807) is 6.07 Å². The summed E-state index contributed by atoms with van der Waals surface area (Å²) in [7, 11) is 0.694. The second-order valence-electron chi connectivity index (χ2n) is 7.46. The van der Waals surface area contributed by atoms with Crippen LogP contribution in [0, 0.1) is 5.92 Å². The molecule has 0 radical (unpaired) electrons. The van der Waals surface area contributed by atoms with Crippen LogP contribution in [0.4, 0.5) is 5.69 Å². The van der Waals surface area contributed by atoms with Crippen molar-refractivity contribution in [3.05, 3.63) is 40.9 Å². The van der Waals surface area contributed by atoms with E-state index in [2.05, 4.69) is 11.5 Å². The maximum absolute atomic E-state index is 12.4. The molecule has 0 heterocycles. The Morgan fingerprint density at radius 1 is 1.32 bits per heavy atom. The summed E-state index contributed by atoms with van der Waals surface area (Å²) in [6.45, 7) is 8.06. The van der Waals surface area contributed by atoms with Crippen LogP contribution >= 0.6 is 11.6 Å². The molecule has 140 valence electrons. The lowest BCUT2D eigenvalue weighted by molar-refractivity contribution is 0.320. The Labute approximate surface area is 157 Å². The molecule has 0 aliphatic heterocycles. The van der Waals surface area contributed by atoms with E-state index in [0.717, 1.165) is 5.56 Å². The fraction of sp³-hybridized carbons (Fsp3) is 0.579. The van der Waals surface area contributed by atoms with Crippen LogP contribution in [0.25, 0.3) is 0 Å². The zero-order valence-corrected chi connectivity index (χ0v) is 17.4. The van der Waals surface area contributed by atoms with Crippen LogP contribution < -0.4 is 4.31 Å². The fourth-order valence-electron chi connectivity index (χ4n) is 3.33. The van der Waals surface area contributed by atoms with Crippen molar-refractivity contribution in [3.8, 4) is 0 Å². The first-order chi connectivity index (χ1) is 11.5. The average Bonchev–Trinajstić information content (AvgIpc) is 3.28. The molecule has 2 rings (SSSR count). The molecule has 1 saturated carbocycles. The summed E-state index contributed by atoms with van der Waals surface area (Å²) in [5.74, 6) is 0.597. The van der Waals surface area contributed by atoms with Gasteiger partial charge in [0.2, 0.25) is 10.0 Å². The molecule has 1 aromatic rings. The first-order valence-electron chi connectivity index (χ1n) is 8.65. The Morgan fingerprint density at radius 2 is 1.92 bits per heavy atom. The van der Waals surface area contributed by atoms with Gasteiger partial charge >= 0.3 is 0 Å². The largest absolute Gasteiger partial charge is 0.302 e. The van der Waals surface area contributed by atoms with Crippen LogP contribution in [-0.4, -0.2) is 45.8 Å². The third kappa shape index (κ3) is 4.99. The first-order valence-corrected chi connectivity index (χ1v) is 10.9. The maximum atomic E-state index is 12.4. The van der Waals surface area contributed by atoms with E-state index in [0.29, 0.717) is 23.0 Å². The first kappa shape index (κ1) is 20.3. The highest BCUT2D eigenvalue weighted by Crippen LogP contribution is 2.39. The van der Waals surface area contributed by atoms with E-state index in [1.807, 2.05) is 40.1 Å². The van der Waals surface area contributed by atoms with Crippen molar-refractivity contribution < 1.29 is 8.42 Å². The van der Waals surface area contributed by atoms with Gasteiger partial charge in [0.25, 0.3) is 0 Å². The molecule has 1 aliphatic carbocycles. The number of benzene rings is 1. The van der Waals surface area contributed by atoms with Gasteiger partial charge in [-0.2, -0.15) is 0 Å². The standard InChI is InChI=1S/C19H29ClN2O2S/c1-13(2)22(25(6,23)24)19-12-17(20)10-9-16(19)11-18(21(4)5)14(3)15-7-8-15/h9-10,12-13,15,18H,3,7-8,11H2,1-2,4-6H3. The number of anilines is 1. The number of nitrogens with zero attached hydrogens (tertiary/aromatic N) is 2. The van der Waals surface area contributed by atoms with E-state index in [9.17, 15) is 8.42 Å². The van der Waals surface area contributed by atoms with E-state index >= 15 is 0 Å². The molecule has 25 heavy (non-hydrogen) atoms. The number of rotatable bonds is 8. The van der Waals surface area contributed by atoms with Gasteiger partial charge in [-0.3, -0.25) is 4.31 Å². The molecular weight excluding hydrogens is 356 g/mol. The average molecular weight is 385 g/mol. The summed E-state index contributed by atoms with van der Waals surface area (Å²) in [5, 5.41) is 0.537. The predicted octanol–water partition coefficient (Wildman–Crippen LogP) is 3.95. The Balaban J connectivity index is 2.45. The van der Waals surface area contributed by atoms with Crippen molar-refractivity contribution in [2.24, 2.45) is 5.92 Å². The van der Waals surface area contributed by atoms with Gasteiger partial charge in [0.15, 0.2) is 0 Å². The summed E-state index contributed by atoms with van der Waals surface area (Å²) >= 11 is 6.19. The van der Waals surface area contributed by atoms with Crippen molar-refractivity contribution in [2.75, 3.05) is 24.7 Å². The monoisotopic (exact) mass is 384 g/mol. The molecule has 0 N–H and O–H groups in total. The van der Waals surface area contributed by atoms with Gasteiger partial charge in [0, 0.05) is 17.1 Å². The van der Waals surface area contributed by atoms with Crippen molar-refractivity contribution in [2.45, 2.75) is 45.2 Å². The van der Waals surface area contributed by atoms with Gasteiger partial charge in [-0.25, -0.2) is 8.42 Å². The smallest absolute Gasteiger partial charge is 0.232 e. The normalized spacial score (nSPS) is 16.3. The Kier molecular flexibility index (Phi) is 6.23. The van der Waals surface area contributed by atoms with Crippen LogP contribution in [0.2, 0.25) is 5.02 Å². The van der Waals surface area contributed by atoms with Crippen molar-refractivity contribution in [1.82, 2.24) is 4.90 Å². The minimum absolute atomic E-state index is 0.181. The molecule has 4 nitrogen and oxygen atoms in total. The fourth-order valence-corrected chi connectivity index (χ4v) is 4.79. The van der Waals surface area contributed by atoms with Gasteiger partial charge in [-0.15, -0.1) is 0 Å². The summed E-state index contributed by atoms with van der Waals surface area (Å²) in [6, 6.07) is 5.52. The van der Waals surface area contributed by atoms with Gasteiger partial charge in [0.1, 0.15) is 0 Å². The molecule has 1 unspecified atom stereocenters. The lowest BCUT2D eigenvalue weighted by atomic mass is 9.95. The molecular formula is C19H29ClN2O2S. The molecule has 1 aromatic carbocycles. The van der Waals surface area contributed by atoms with E-state index in [4.69, 9.17) is 11.6 Å². The Hall–Kier alpha value is -1.04. The number of hydrogen-bond acceptors (Lipinski definition) is 3. The zero-order valence-electron chi connectivity index (χ0n) is 15.8. The molecule has 0 saturated heterocycles. The van der Waals surface area contributed by atoms with Crippen molar-refractivity contribution in [1.29, 1.82) is 0 Å². The summed E-state index contributed by atoms with van der Waals surface area (Å²) < 4.78 is 26.2. The minimum Gasteiger partial charge on any atom is -0.302 e. The lowest BCUT2D eigenvalue weighted by Crippen LogP contribution is -2.38. The van der Waals surface area contributed by atoms with Crippen molar-refractivity contribution in [3.63, 3.8) is 0 Å². The Bertz CT molecular complexity index is 740. The molecule has 1 aliphatic rings. The van der Waals surface area contributed by atoms with Crippen LogP contribution in [-0.2, 0) is 16.4 Å². The van der Waals surface area contributed by atoms with Crippen LogP contribution in [0.5, 0.6) is 0 Å². The van der Waals surface area contributed by atoms with Crippen LogP contribution in [0.1, 0.15) is 32.3 Å². The molecule has 0 aromatic heterocycles. The second kappa shape index (κ2) is 7.68. The molecule has 0 spiro atoms. The topological polar surface area (TPSA) is 40.6 Å². The Morgan fingerprint density at radius 3 is 2.36 bits per heavy atom. The van der Waals surface area contributed by atoms with Crippen molar-refractivity contribution >= 4 is 27.3 Å². The van der Waals surface area contributed by atoms with E-state index in [-0.39, 0.29) is 12.1 Å². The van der Waals surface area contributed by atoms with Gasteiger partial charge < -0.3 is 4.90 Å². The third-order valence-electron chi connectivity index (χ3n) is 4.68. The van der Waals surface area contributed by atoms with Crippen LogP contribution in [0.3, 0.4) is 0 Å². The van der Waals surface area contributed by atoms with Gasteiger partial charge in [-0.1, -0.05) is 29.8 Å². The summed E-state index contributed by atoms with van der Waals surface area (Å²) in [6.07, 6.45) is 4.37. The zero-order chi connectivity index (χ0) is 18.9. The SMILES string of the molecule is C=C(C1CC1)C(Cc1ccc(Cl)cc1N(C(C)C)S(C)(=O)=O)N(C)C. The number of hydrogen-bond donors (Lipinski definition) is 0. The molecule has 0 bridgehead atoms. The molecule has 1 fully saturated rings. The number of likely N-dealkylation sites (N-methyl/N-ethyl adjacent to an activating group) is 1. The summed E-state index contributed by atoms with van der Waals surface area (Å²) in [5.41, 5.74) is 2.88. The quantitative estimate of drug-likeness (QED) is 0.637. The maximum Gasteiger partial charge on any atom is 0.232 e.